The summed E-state index contributed by atoms with van der Waals surface area (Å²) in [5, 5.41) is 0. The molecular weight excluding hydrogens is 416 g/mol. The molecule has 1 aromatic heterocycles. The molecule has 7 heteroatoms. The average Bonchev–Trinajstić information content (AvgIpc) is 2.89. The molecule has 7 nitrogen and oxygen atoms in total. The molecule has 3 aromatic rings. The summed E-state index contributed by atoms with van der Waals surface area (Å²) in [6.07, 6.45) is 4.52. The summed E-state index contributed by atoms with van der Waals surface area (Å²) < 4.78 is 11.1. The first-order valence-corrected chi connectivity index (χ1v) is 11.3. The van der Waals surface area contributed by atoms with Crippen molar-refractivity contribution < 1.29 is 14.3 Å². The smallest absolute Gasteiger partial charge is 0.409 e. The molecule has 0 bridgehead atoms. The maximum absolute atomic E-state index is 12.3. The number of amides is 1. The number of carbonyl (C=O) groups excluding carboxylic acids is 1. The number of rotatable bonds is 7. The fourth-order valence-electron chi connectivity index (χ4n) is 3.54. The predicted octanol–water partition coefficient (Wildman–Crippen LogP) is 4.96. The molecule has 4 rings (SSSR count). The molecule has 0 spiro atoms. The number of aromatic nitrogens is 2. The van der Waals surface area contributed by atoms with Gasteiger partial charge in [-0.1, -0.05) is 74.0 Å². The van der Waals surface area contributed by atoms with E-state index in [1.807, 2.05) is 60.7 Å². The largest absolute Gasteiger partial charge is 0.449 e. The third-order valence-electron chi connectivity index (χ3n) is 5.33. The lowest BCUT2D eigenvalue weighted by Gasteiger charge is -2.31. The number of unbranched alkanes of at least 4 members (excludes halogenated alkanes) is 1. The number of carbonyl (C=O) groups is 1. The third-order valence-corrected chi connectivity index (χ3v) is 5.33. The van der Waals surface area contributed by atoms with Crippen LogP contribution in [0, 0.1) is 0 Å². The SMILES string of the molecule is CCCCOC(=O)N1CCOC(c2ncc(N=C(c3ccccc3)c3ccccc3)cn2)C1. The van der Waals surface area contributed by atoms with Gasteiger partial charge in [0.1, 0.15) is 11.8 Å². The van der Waals surface area contributed by atoms with E-state index in [0.29, 0.717) is 37.8 Å². The highest BCUT2D eigenvalue weighted by atomic mass is 16.6. The van der Waals surface area contributed by atoms with Gasteiger partial charge < -0.3 is 14.4 Å². The zero-order chi connectivity index (χ0) is 22.9. The zero-order valence-electron chi connectivity index (χ0n) is 18.8. The van der Waals surface area contributed by atoms with Crippen molar-refractivity contribution in [2.75, 3.05) is 26.3 Å². The maximum atomic E-state index is 12.3. The van der Waals surface area contributed by atoms with Gasteiger partial charge in [-0.05, 0) is 6.42 Å². The van der Waals surface area contributed by atoms with E-state index < -0.39 is 6.10 Å². The number of aliphatic imine (C=N–C) groups is 1. The Morgan fingerprint density at radius 3 is 2.30 bits per heavy atom. The van der Waals surface area contributed by atoms with Crippen LogP contribution in [-0.4, -0.2) is 53.0 Å². The summed E-state index contributed by atoms with van der Waals surface area (Å²) in [4.78, 5) is 27.8. The van der Waals surface area contributed by atoms with Crippen molar-refractivity contribution >= 4 is 17.5 Å². The molecule has 1 fully saturated rings. The minimum atomic E-state index is -0.391. The van der Waals surface area contributed by atoms with Gasteiger partial charge in [0.2, 0.25) is 0 Å². The summed E-state index contributed by atoms with van der Waals surface area (Å²) in [7, 11) is 0. The normalized spacial score (nSPS) is 15.7. The van der Waals surface area contributed by atoms with E-state index in [1.54, 1.807) is 17.3 Å². The molecule has 1 atom stereocenters. The van der Waals surface area contributed by atoms with E-state index in [-0.39, 0.29) is 6.09 Å². The average molecular weight is 445 g/mol. The zero-order valence-corrected chi connectivity index (χ0v) is 18.8. The van der Waals surface area contributed by atoms with Crippen molar-refractivity contribution in [1.29, 1.82) is 0 Å². The molecule has 1 amide bonds. The Morgan fingerprint density at radius 2 is 1.70 bits per heavy atom. The van der Waals surface area contributed by atoms with E-state index in [0.717, 1.165) is 29.7 Å². The standard InChI is InChI=1S/C26H28N4O3/c1-2-3-15-33-26(31)30-14-16-32-23(19-30)25-27-17-22(18-28-25)29-24(20-10-6-4-7-11-20)21-12-8-5-9-13-21/h4-13,17-18,23H,2-3,14-16,19H2,1H3. The molecule has 0 N–H and O–H groups in total. The van der Waals surface area contributed by atoms with Crippen molar-refractivity contribution in [2.24, 2.45) is 4.99 Å². The highest BCUT2D eigenvalue weighted by molar-refractivity contribution is 6.13. The molecule has 0 saturated carbocycles. The second-order valence-corrected chi connectivity index (χ2v) is 7.77. The van der Waals surface area contributed by atoms with Crippen LogP contribution in [0.25, 0.3) is 0 Å². The summed E-state index contributed by atoms with van der Waals surface area (Å²) in [6.45, 7) is 3.79. The minimum Gasteiger partial charge on any atom is -0.449 e. The summed E-state index contributed by atoms with van der Waals surface area (Å²) in [5.74, 6) is 0.529. The molecule has 1 aliphatic rings. The van der Waals surface area contributed by atoms with E-state index in [4.69, 9.17) is 14.5 Å². The maximum Gasteiger partial charge on any atom is 0.409 e. The van der Waals surface area contributed by atoms with Crippen LogP contribution < -0.4 is 0 Å². The second-order valence-electron chi connectivity index (χ2n) is 7.77. The Kier molecular flexibility index (Phi) is 7.76. The predicted molar refractivity (Wildman–Crippen MR) is 127 cm³/mol. The fourth-order valence-corrected chi connectivity index (χ4v) is 3.54. The van der Waals surface area contributed by atoms with Crippen LogP contribution in [0.4, 0.5) is 10.5 Å². The Morgan fingerprint density at radius 1 is 1.06 bits per heavy atom. The van der Waals surface area contributed by atoms with Gasteiger partial charge in [0, 0.05) is 17.7 Å². The van der Waals surface area contributed by atoms with E-state index in [9.17, 15) is 4.79 Å². The van der Waals surface area contributed by atoms with Crippen LogP contribution in [0.1, 0.15) is 42.8 Å². The molecule has 0 aliphatic carbocycles. The second kappa shape index (κ2) is 11.3. The molecule has 2 heterocycles. The number of hydrogen-bond donors (Lipinski definition) is 0. The van der Waals surface area contributed by atoms with Crippen LogP contribution >= 0.6 is 0 Å². The van der Waals surface area contributed by atoms with Gasteiger partial charge in [0.25, 0.3) is 0 Å². The topological polar surface area (TPSA) is 76.9 Å². The van der Waals surface area contributed by atoms with Crippen LogP contribution in [0.15, 0.2) is 78.0 Å². The lowest BCUT2D eigenvalue weighted by Crippen LogP contribution is -2.43. The number of benzene rings is 2. The minimum absolute atomic E-state index is 0.312. The Labute approximate surface area is 194 Å². The van der Waals surface area contributed by atoms with Crippen LogP contribution in [0.2, 0.25) is 0 Å². The van der Waals surface area contributed by atoms with Gasteiger partial charge in [0.05, 0.1) is 37.9 Å². The number of hydrogen-bond acceptors (Lipinski definition) is 6. The van der Waals surface area contributed by atoms with Crippen molar-refractivity contribution in [3.63, 3.8) is 0 Å². The lowest BCUT2D eigenvalue weighted by atomic mass is 10.0. The number of nitrogens with zero attached hydrogens (tertiary/aromatic N) is 4. The van der Waals surface area contributed by atoms with Crippen LogP contribution in [0.3, 0.4) is 0 Å². The number of ether oxygens (including phenoxy) is 2. The van der Waals surface area contributed by atoms with Crippen molar-refractivity contribution in [2.45, 2.75) is 25.9 Å². The molecule has 170 valence electrons. The van der Waals surface area contributed by atoms with E-state index in [2.05, 4.69) is 16.9 Å². The van der Waals surface area contributed by atoms with Gasteiger partial charge in [0.15, 0.2) is 5.82 Å². The van der Waals surface area contributed by atoms with Crippen LogP contribution in [-0.2, 0) is 9.47 Å². The lowest BCUT2D eigenvalue weighted by molar-refractivity contribution is -0.0325. The molecule has 2 aromatic carbocycles. The molecule has 1 saturated heterocycles. The van der Waals surface area contributed by atoms with E-state index in [1.165, 1.54) is 0 Å². The van der Waals surface area contributed by atoms with Gasteiger partial charge in [-0.3, -0.25) is 0 Å². The summed E-state index contributed by atoms with van der Waals surface area (Å²) in [6, 6.07) is 20.1. The summed E-state index contributed by atoms with van der Waals surface area (Å²) >= 11 is 0. The first-order valence-electron chi connectivity index (χ1n) is 11.3. The van der Waals surface area contributed by atoms with Crippen LogP contribution in [0.5, 0.6) is 0 Å². The monoisotopic (exact) mass is 444 g/mol. The number of morpholine rings is 1. The van der Waals surface area contributed by atoms with Crippen molar-refractivity contribution in [1.82, 2.24) is 14.9 Å². The third kappa shape index (κ3) is 6.02. The Balaban J connectivity index is 1.50. The Hall–Kier alpha value is -3.58. The molecule has 33 heavy (non-hydrogen) atoms. The highest BCUT2D eigenvalue weighted by Gasteiger charge is 2.28. The van der Waals surface area contributed by atoms with Crippen molar-refractivity contribution in [3.05, 3.63) is 90.0 Å². The molecule has 1 unspecified atom stereocenters. The highest BCUT2D eigenvalue weighted by Crippen LogP contribution is 2.22. The van der Waals surface area contributed by atoms with Gasteiger partial charge in [-0.15, -0.1) is 0 Å². The van der Waals surface area contributed by atoms with E-state index >= 15 is 0 Å². The quantitative estimate of drug-likeness (QED) is 0.380. The summed E-state index contributed by atoms with van der Waals surface area (Å²) in [5.41, 5.74) is 3.52. The van der Waals surface area contributed by atoms with Crippen molar-refractivity contribution in [3.8, 4) is 0 Å². The van der Waals surface area contributed by atoms with Gasteiger partial charge >= 0.3 is 6.09 Å². The molecular formula is C26H28N4O3. The van der Waals surface area contributed by atoms with Gasteiger partial charge in [-0.2, -0.15) is 0 Å². The molecule has 0 radical (unpaired) electrons. The fraction of sp³-hybridized carbons (Fsp3) is 0.308. The first-order chi connectivity index (χ1) is 16.2. The first kappa shape index (κ1) is 22.6. The molecule has 1 aliphatic heterocycles. The Bertz CT molecular complexity index is 1010. The van der Waals surface area contributed by atoms with Gasteiger partial charge in [-0.25, -0.2) is 19.8 Å².